The lowest BCUT2D eigenvalue weighted by Gasteiger charge is -1.98. The highest BCUT2D eigenvalue weighted by Crippen LogP contribution is 1.93. The molecular formula is C8H11N5. The molecule has 0 saturated carbocycles. The minimum atomic E-state index is 0.748. The van der Waals surface area contributed by atoms with Crippen LogP contribution in [0.15, 0.2) is 24.8 Å². The Hall–Kier alpha value is -1.62. The van der Waals surface area contributed by atoms with E-state index in [0.717, 1.165) is 24.5 Å². The molecule has 0 aromatic carbocycles. The van der Waals surface area contributed by atoms with E-state index in [2.05, 4.69) is 25.5 Å². The van der Waals surface area contributed by atoms with E-state index < -0.39 is 0 Å². The molecule has 3 N–H and O–H groups in total. The highest BCUT2D eigenvalue weighted by Gasteiger charge is 1.95. The fourth-order valence-corrected chi connectivity index (χ4v) is 1.09. The first-order valence-electron chi connectivity index (χ1n) is 4.12. The molecule has 13 heavy (non-hydrogen) atoms. The van der Waals surface area contributed by atoms with E-state index in [1.807, 2.05) is 12.4 Å². The third-order valence-corrected chi connectivity index (χ3v) is 1.73. The van der Waals surface area contributed by atoms with Crippen molar-refractivity contribution in [1.29, 1.82) is 0 Å². The van der Waals surface area contributed by atoms with Crippen LogP contribution in [0.25, 0.3) is 0 Å². The number of nitrogens with one attached hydrogen (secondary N) is 3. The van der Waals surface area contributed by atoms with E-state index in [9.17, 15) is 0 Å². The molecule has 2 aromatic rings. The highest BCUT2D eigenvalue weighted by molar-refractivity contribution is 5.01. The maximum Gasteiger partial charge on any atom is 0.120 e. The van der Waals surface area contributed by atoms with Gasteiger partial charge in [0.25, 0.3) is 0 Å². The number of imidazole rings is 1. The quantitative estimate of drug-likeness (QED) is 0.634. The van der Waals surface area contributed by atoms with Gasteiger partial charge in [-0.05, 0) is 0 Å². The van der Waals surface area contributed by atoms with Crippen LogP contribution in [0.3, 0.4) is 0 Å². The predicted molar refractivity (Wildman–Crippen MR) is 47.7 cm³/mol. The van der Waals surface area contributed by atoms with Crippen LogP contribution in [-0.4, -0.2) is 20.2 Å². The van der Waals surface area contributed by atoms with Crippen molar-refractivity contribution in [2.45, 2.75) is 13.1 Å². The van der Waals surface area contributed by atoms with Gasteiger partial charge in [-0.3, -0.25) is 5.10 Å². The molecule has 68 valence electrons. The molecular weight excluding hydrogens is 166 g/mol. The standard InChI is InChI=1S/C8H11N5/c1-2-11-8(10-1)6-9-3-7-4-12-13-5-7/h1-2,4-5,9H,3,6H2,(H,10,11)(H,12,13). The van der Waals surface area contributed by atoms with Gasteiger partial charge in [-0.15, -0.1) is 0 Å². The Bertz CT molecular complexity index is 289. The number of H-pyrrole nitrogens is 2. The van der Waals surface area contributed by atoms with Crippen LogP contribution in [0.5, 0.6) is 0 Å². The van der Waals surface area contributed by atoms with Crippen molar-refractivity contribution in [2.75, 3.05) is 0 Å². The Balaban J connectivity index is 1.76. The van der Waals surface area contributed by atoms with Crippen molar-refractivity contribution in [1.82, 2.24) is 25.5 Å². The van der Waals surface area contributed by atoms with Gasteiger partial charge in [0.2, 0.25) is 0 Å². The third kappa shape index (κ3) is 2.16. The predicted octanol–water partition coefficient (Wildman–Crippen LogP) is 0.423. The van der Waals surface area contributed by atoms with Gasteiger partial charge in [-0.25, -0.2) is 4.98 Å². The van der Waals surface area contributed by atoms with Crippen LogP contribution in [-0.2, 0) is 13.1 Å². The van der Waals surface area contributed by atoms with Gasteiger partial charge in [0.05, 0.1) is 12.7 Å². The van der Waals surface area contributed by atoms with Crippen molar-refractivity contribution < 1.29 is 0 Å². The minimum absolute atomic E-state index is 0.748. The minimum Gasteiger partial charge on any atom is -0.348 e. The SMILES string of the molecule is c1c[nH]c(CNCc2cn[nH]c2)n1. The van der Waals surface area contributed by atoms with Crippen molar-refractivity contribution >= 4 is 0 Å². The first kappa shape index (κ1) is 8.00. The summed E-state index contributed by atoms with van der Waals surface area (Å²) in [4.78, 5) is 7.11. The second-order valence-electron chi connectivity index (χ2n) is 2.75. The zero-order valence-electron chi connectivity index (χ0n) is 7.12. The molecule has 0 radical (unpaired) electrons. The van der Waals surface area contributed by atoms with Crippen LogP contribution in [0.2, 0.25) is 0 Å². The van der Waals surface area contributed by atoms with E-state index in [-0.39, 0.29) is 0 Å². The van der Waals surface area contributed by atoms with E-state index in [1.54, 1.807) is 12.4 Å². The zero-order chi connectivity index (χ0) is 8.93. The highest BCUT2D eigenvalue weighted by atomic mass is 15.1. The van der Waals surface area contributed by atoms with Gasteiger partial charge in [0.1, 0.15) is 5.82 Å². The first-order chi connectivity index (χ1) is 6.45. The number of hydrogen-bond donors (Lipinski definition) is 3. The smallest absolute Gasteiger partial charge is 0.120 e. The summed E-state index contributed by atoms with van der Waals surface area (Å²) in [6.07, 6.45) is 7.23. The molecule has 0 saturated heterocycles. The Labute approximate surface area is 75.6 Å². The molecule has 0 amide bonds. The Morgan fingerprint density at radius 3 is 3.08 bits per heavy atom. The monoisotopic (exact) mass is 177 g/mol. The second-order valence-corrected chi connectivity index (χ2v) is 2.75. The summed E-state index contributed by atoms with van der Waals surface area (Å²) in [6.45, 7) is 1.55. The Kier molecular flexibility index (Phi) is 2.38. The number of hydrogen-bond acceptors (Lipinski definition) is 3. The van der Waals surface area contributed by atoms with Crippen LogP contribution in [0.4, 0.5) is 0 Å². The van der Waals surface area contributed by atoms with Crippen molar-refractivity contribution in [2.24, 2.45) is 0 Å². The largest absolute Gasteiger partial charge is 0.348 e. The van der Waals surface area contributed by atoms with E-state index in [1.165, 1.54) is 0 Å². The molecule has 0 aliphatic carbocycles. The van der Waals surface area contributed by atoms with Gasteiger partial charge < -0.3 is 10.3 Å². The molecule has 0 unspecified atom stereocenters. The van der Waals surface area contributed by atoms with Crippen LogP contribution < -0.4 is 5.32 Å². The average Bonchev–Trinajstić information content (AvgIpc) is 2.75. The van der Waals surface area contributed by atoms with Gasteiger partial charge in [0, 0.05) is 30.7 Å². The molecule has 5 nitrogen and oxygen atoms in total. The molecule has 0 fully saturated rings. The van der Waals surface area contributed by atoms with Gasteiger partial charge in [-0.1, -0.05) is 0 Å². The molecule has 0 atom stereocenters. The molecule has 2 aromatic heterocycles. The number of rotatable bonds is 4. The summed E-state index contributed by atoms with van der Waals surface area (Å²) in [5.41, 5.74) is 1.14. The molecule has 0 aliphatic rings. The summed E-state index contributed by atoms with van der Waals surface area (Å²) in [6, 6.07) is 0. The zero-order valence-corrected chi connectivity index (χ0v) is 7.12. The second kappa shape index (κ2) is 3.86. The van der Waals surface area contributed by atoms with Gasteiger partial charge >= 0.3 is 0 Å². The van der Waals surface area contributed by atoms with Crippen molar-refractivity contribution in [3.8, 4) is 0 Å². The van der Waals surface area contributed by atoms with Crippen molar-refractivity contribution in [3.63, 3.8) is 0 Å². The van der Waals surface area contributed by atoms with E-state index in [4.69, 9.17) is 0 Å². The third-order valence-electron chi connectivity index (χ3n) is 1.73. The fraction of sp³-hybridized carbons (Fsp3) is 0.250. The maximum atomic E-state index is 4.09. The fourth-order valence-electron chi connectivity index (χ4n) is 1.09. The number of aromatic nitrogens is 4. The lowest BCUT2D eigenvalue weighted by Crippen LogP contribution is -2.13. The molecule has 2 rings (SSSR count). The van der Waals surface area contributed by atoms with E-state index in [0.29, 0.717) is 0 Å². The summed E-state index contributed by atoms with van der Waals surface area (Å²) in [5, 5.41) is 9.85. The molecule has 2 heterocycles. The van der Waals surface area contributed by atoms with E-state index >= 15 is 0 Å². The summed E-state index contributed by atoms with van der Waals surface area (Å²) in [7, 11) is 0. The number of aromatic amines is 2. The Morgan fingerprint density at radius 1 is 1.38 bits per heavy atom. The number of nitrogens with zero attached hydrogens (tertiary/aromatic N) is 2. The van der Waals surface area contributed by atoms with Crippen LogP contribution >= 0.6 is 0 Å². The maximum absolute atomic E-state index is 4.09. The van der Waals surface area contributed by atoms with Gasteiger partial charge in [0.15, 0.2) is 0 Å². The lowest BCUT2D eigenvalue weighted by molar-refractivity contribution is 0.669. The molecule has 0 bridgehead atoms. The summed E-state index contributed by atoms with van der Waals surface area (Å²) < 4.78 is 0. The molecule has 0 aliphatic heterocycles. The van der Waals surface area contributed by atoms with Crippen LogP contribution in [0.1, 0.15) is 11.4 Å². The first-order valence-corrected chi connectivity index (χ1v) is 4.12. The average molecular weight is 177 g/mol. The van der Waals surface area contributed by atoms with Gasteiger partial charge in [-0.2, -0.15) is 5.10 Å². The normalized spacial score (nSPS) is 10.5. The topological polar surface area (TPSA) is 69.4 Å². The molecule has 5 heteroatoms. The summed E-state index contributed by atoms with van der Waals surface area (Å²) in [5.74, 6) is 0.948. The lowest BCUT2D eigenvalue weighted by atomic mass is 10.3. The molecule has 0 spiro atoms. The Morgan fingerprint density at radius 2 is 2.38 bits per heavy atom. The van der Waals surface area contributed by atoms with Crippen molar-refractivity contribution in [3.05, 3.63) is 36.2 Å². The summed E-state index contributed by atoms with van der Waals surface area (Å²) >= 11 is 0. The van der Waals surface area contributed by atoms with Crippen LogP contribution in [0, 0.1) is 0 Å².